The Hall–Kier alpha value is -3.65. The second kappa shape index (κ2) is 8.79. The van der Waals surface area contributed by atoms with Crippen LogP contribution in [0.2, 0.25) is 0 Å². The minimum absolute atomic E-state index is 0.146. The summed E-state index contributed by atoms with van der Waals surface area (Å²) < 4.78 is 11.3. The number of hydrogen-bond donors (Lipinski definition) is 2. The van der Waals surface area contributed by atoms with Gasteiger partial charge >= 0.3 is 0 Å². The lowest BCUT2D eigenvalue weighted by atomic mass is 10.1. The van der Waals surface area contributed by atoms with E-state index in [9.17, 15) is 9.59 Å². The number of furan rings is 1. The zero-order chi connectivity index (χ0) is 20.9. The molecule has 2 N–H and O–H groups in total. The van der Waals surface area contributed by atoms with Crippen molar-refractivity contribution in [2.45, 2.75) is 12.5 Å². The predicted octanol–water partition coefficient (Wildman–Crippen LogP) is 3.88. The molecule has 2 amide bonds. The smallest absolute Gasteiger partial charge is 0.287 e. The van der Waals surface area contributed by atoms with Crippen LogP contribution in [0.25, 0.3) is 10.2 Å². The number of ether oxygens (including phenoxy) is 1. The number of thiazole rings is 1. The molecule has 2 aromatic carbocycles. The van der Waals surface area contributed by atoms with Crippen LogP contribution in [-0.4, -0.2) is 29.9 Å². The lowest BCUT2D eigenvalue weighted by Crippen LogP contribution is -2.45. The van der Waals surface area contributed by atoms with Gasteiger partial charge in [0, 0.05) is 6.42 Å². The van der Waals surface area contributed by atoms with E-state index in [1.165, 1.54) is 17.6 Å². The van der Waals surface area contributed by atoms with E-state index < -0.39 is 11.9 Å². The zero-order valence-corrected chi connectivity index (χ0v) is 16.9. The van der Waals surface area contributed by atoms with Gasteiger partial charge in [0.25, 0.3) is 5.91 Å². The lowest BCUT2D eigenvalue weighted by molar-refractivity contribution is -0.118. The first-order chi connectivity index (χ1) is 14.6. The molecule has 30 heavy (non-hydrogen) atoms. The maximum absolute atomic E-state index is 13.0. The summed E-state index contributed by atoms with van der Waals surface area (Å²) in [6, 6.07) is 17.4. The Morgan fingerprint density at radius 1 is 1.13 bits per heavy atom. The molecule has 8 heteroatoms. The number of methoxy groups -OCH3 is 1. The molecule has 2 aromatic heterocycles. The highest BCUT2D eigenvalue weighted by Crippen LogP contribution is 2.29. The molecule has 0 saturated carbocycles. The zero-order valence-electron chi connectivity index (χ0n) is 16.1. The van der Waals surface area contributed by atoms with Crippen molar-refractivity contribution in [2.24, 2.45) is 0 Å². The summed E-state index contributed by atoms with van der Waals surface area (Å²) in [5.41, 5.74) is 1.68. The molecular weight excluding hydrogens is 402 g/mol. The summed E-state index contributed by atoms with van der Waals surface area (Å²) in [5, 5.41) is 6.03. The monoisotopic (exact) mass is 421 g/mol. The van der Waals surface area contributed by atoms with Gasteiger partial charge in [0.15, 0.2) is 10.9 Å². The summed E-state index contributed by atoms with van der Waals surface area (Å²) in [7, 11) is 1.60. The first kappa shape index (κ1) is 19.7. The molecule has 4 aromatic rings. The molecule has 0 radical (unpaired) electrons. The number of benzene rings is 2. The van der Waals surface area contributed by atoms with Crippen molar-refractivity contribution in [2.75, 3.05) is 12.4 Å². The largest absolute Gasteiger partial charge is 0.497 e. The Labute approximate surface area is 176 Å². The summed E-state index contributed by atoms with van der Waals surface area (Å²) in [4.78, 5) is 29.9. The van der Waals surface area contributed by atoms with E-state index >= 15 is 0 Å². The fraction of sp³-hybridized carbons (Fsp3) is 0.136. The SMILES string of the molecule is COc1ccc2nc(NC(=O)C(Cc3ccccc3)NC(=O)c3ccco3)sc2c1. The van der Waals surface area contributed by atoms with Crippen LogP contribution in [0.4, 0.5) is 5.13 Å². The Morgan fingerprint density at radius 3 is 2.70 bits per heavy atom. The van der Waals surface area contributed by atoms with Crippen molar-refractivity contribution in [3.05, 3.63) is 78.3 Å². The lowest BCUT2D eigenvalue weighted by Gasteiger charge is -2.17. The van der Waals surface area contributed by atoms with Gasteiger partial charge in [-0.05, 0) is 35.9 Å². The van der Waals surface area contributed by atoms with Gasteiger partial charge in [-0.15, -0.1) is 0 Å². The number of rotatable bonds is 7. The van der Waals surface area contributed by atoms with Gasteiger partial charge in [-0.1, -0.05) is 41.7 Å². The molecule has 0 bridgehead atoms. The molecule has 0 aliphatic heterocycles. The maximum atomic E-state index is 13.0. The average molecular weight is 421 g/mol. The standard InChI is InChI=1S/C22H19N3O4S/c1-28-15-9-10-16-19(13-15)30-22(24-16)25-20(26)17(12-14-6-3-2-4-7-14)23-21(27)18-8-5-11-29-18/h2-11,13,17H,12H2,1H3,(H,23,27)(H,24,25,26). The van der Waals surface area contributed by atoms with Crippen molar-refractivity contribution < 1.29 is 18.7 Å². The predicted molar refractivity (Wildman–Crippen MR) is 115 cm³/mol. The van der Waals surface area contributed by atoms with Crippen molar-refractivity contribution in [1.29, 1.82) is 0 Å². The van der Waals surface area contributed by atoms with Crippen molar-refractivity contribution in [3.8, 4) is 5.75 Å². The summed E-state index contributed by atoms with van der Waals surface area (Å²) >= 11 is 1.34. The molecule has 0 spiro atoms. The molecule has 2 heterocycles. The second-order valence-corrected chi connectivity index (χ2v) is 7.57. The molecule has 0 aliphatic rings. The summed E-state index contributed by atoms with van der Waals surface area (Å²) in [6.07, 6.45) is 1.74. The fourth-order valence-electron chi connectivity index (χ4n) is 2.97. The van der Waals surface area contributed by atoms with Gasteiger partial charge in [0.2, 0.25) is 5.91 Å². The molecular formula is C22H19N3O4S. The minimum Gasteiger partial charge on any atom is -0.497 e. The number of amides is 2. The number of hydrogen-bond acceptors (Lipinski definition) is 6. The third-order valence-corrected chi connectivity index (χ3v) is 5.41. The molecule has 0 saturated heterocycles. The normalized spacial score (nSPS) is 11.8. The van der Waals surface area contributed by atoms with E-state index in [1.54, 1.807) is 19.2 Å². The summed E-state index contributed by atoms with van der Waals surface area (Å²) in [5.74, 6) is 0.0551. The third-order valence-electron chi connectivity index (χ3n) is 4.48. The second-order valence-electron chi connectivity index (χ2n) is 6.53. The summed E-state index contributed by atoms with van der Waals surface area (Å²) in [6.45, 7) is 0. The van der Waals surface area contributed by atoms with Gasteiger partial charge in [-0.2, -0.15) is 0 Å². The van der Waals surface area contributed by atoms with Gasteiger partial charge in [0.05, 0.1) is 23.6 Å². The minimum atomic E-state index is -0.799. The van der Waals surface area contributed by atoms with Crippen molar-refractivity contribution in [1.82, 2.24) is 10.3 Å². The average Bonchev–Trinajstić information content (AvgIpc) is 3.43. The highest BCUT2D eigenvalue weighted by Gasteiger charge is 2.24. The Balaban J connectivity index is 1.54. The number of carbonyl (C=O) groups excluding carboxylic acids is 2. The van der Waals surface area contributed by atoms with Gasteiger partial charge < -0.3 is 19.8 Å². The van der Waals surface area contributed by atoms with Crippen LogP contribution in [0.1, 0.15) is 16.1 Å². The highest BCUT2D eigenvalue weighted by atomic mass is 32.1. The van der Waals surface area contributed by atoms with Crippen LogP contribution in [0, 0.1) is 0 Å². The molecule has 1 unspecified atom stereocenters. The number of nitrogens with one attached hydrogen (secondary N) is 2. The first-order valence-corrected chi connectivity index (χ1v) is 10.1. The molecule has 4 rings (SSSR count). The van der Waals surface area contributed by atoms with Crippen molar-refractivity contribution >= 4 is 38.5 Å². The van der Waals surface area contributed by atoms with Crippen LogP contribution in [0.3, 0.4) is 0 Å². The number of aromatic nitrogens is 1. The van der Waals surface area contributed by atoms with E-state index in [-0.39, 0.29) is 11.7 Å². The highest BCUT2D eigenvalue weighted by molar-refractivity contribution is 7.22. The van der Waals surface area contributed by atoms with Crippen LogP contribution in [0.15, 0.2) is 71.3 Å². The third kappa shape index (κ3) is 4.49. The van der Waals surface area contributed by atoms with E-state index in [4.69, 9.17) is 9.15 Å². The fourth-order valence-corrected chi connectivity index (χ4v) is 3.87. The first-order valence-electron chi connectivity index (χ1n) is 9.26. The topological polar surface area (TPSA) is 93.5 Å². The van der Waals surface area contributed by atoms with Gasteiger partial charge in [-0.25, -0.2) is 4.98 Å². The Kier molecular flexibility index (Phi) is 5.76. The molecule has 1 atom stereocenters. The maximum Gasteiger partial charge on any atom is 0.287 e. The number of fused-ring (bicyclic) bond motifs is 1. The Bertz CT molecular complexity index is 1160. The van der Waals surface area contributed by atoms with E-state index in [1.807, 2.05) is 48.5 Å². The molecule has 0 fully saturated rings. The molecule has 7 nitrogen and oxygen atoms in total. The number of carbonyl (C=O) groups is 2. The van der Waals surface area contributed by atoms with Crippen molar-refractivity contribution in [3.63, 3.8) is 0 Å². The Morgan fingerprint density at radius 2 is 1.97 bits per heavy atom. The van der Waals surface area contributed by atoms with Crippen LogP contribution >= 0.6 is 11.3 Å². The van der Waals surface area contributed by atoms with Crippen LogP contribution < -0.4 is 15.4 Å². The number of nitrogens with zero attached hydrogens (tertiary/aromatic N) is 1. The van der Waals surface area contributed by atoms with Gasteiger partial charge in [-0.3, -0.25) is 9.59 Å². The van der Waals surface area contributed by atoms with Crippen LogP contribution in [0.5, 0.6) is 5.75 Å². The van der Waals surface area contributed by atoms with Crippen LogP contribution in [-0.2, 0) is 11.2 Å². The van der Waals surface area contributed by atoms with E-state index in [0.29, 0.717) is 11.6 Å². The molecule has 0 aliphatic carbocycles. The van der Waals surface area contributed by atoms with E-state index in [0.717, 1.165) is 21.5 Å². The van der Waals surface area contributed by atoms with Gasteiger partial charge in [0.1, 0.15) is 11.8 Å². The quantitative estimate of drug-likeness (QED) is 0.472. The molecule has 152 valence electrons. The number of anilines is 1. The van der Waals surface area contributed by atoms with E-state index in [2.05, 4.69) is 15.6 Å².